The third-order valence-corrected chi connectivity index (χ3v) is 2.14. The molecule has 4 N–H and O–H groups in total. The zero-order valence-corrected chi connectivity index (χ0v) is 12.5. The van der Waals surface area contributed by atoms with E-state index < -0.39 is 34.7 Å². The van der Waals surface area contributed by atoms with Crippen LogP contribution in [0.5, 0.6) is 0 Å². The molecular formula is C10H16O8Ti. The van der Waals surface area contributed by atoms with Gasteiger partial charge in [-0.25, -0.2) is 0 Å². The molecule has 0 aliphatic heterocycles. The van der Waals surface area contributed by atoms with Crippen LogP contribution in [-0.2, 0) is 40.9 Å². The van der Waals surface area contributed by atoms with Crippen LogP contribution in [0, 0.1) is 10.8 Å². The first kappa shape index (κ1) is 22.7. The molecule has 0 amide bonds. The van der Waals surface area contributed by atoms with Gasteiger partial charge >= 0.3 is 23.9 Å². The molecule has 0 aromatic heterocycles. The average Bonchev–Trinajstić information content (AvgIpc) is 2.17. The molecule has 19 heavy (non-hydrogen) atoms. The Morgan fingerprint density at radius 2 is 0.684 bits per heavy atom. The van der Waals surface area contributed by atoms with Crippen molar-refractivity contribution in [2.24, 2.45) is 10.8 Å². The van der Waals surface area contributed by atoms with Gasteiger partial charge in [-0.3, -0.25) is 19.2 Å². The second-order valence-corrected chi connectivity index (χ2v) is 4.47. The van der Waals surface area contributed by atoms with Crippen LogP contribution in [0.2, 0.25) is 0 Å². The van der Waals surface area contributed by atoms with Crippen LogP contribution in [-0.4, -0.2) is 44.3 Å². The van der Waals surface area contributed by atoms with Crippen LogP contribution in [0.1, 0.15) is 27.7 Å². The summed E-state index contributed by atoms with van der Waals surface area (Å²) in [6, 6.07) is 0. The maximum atomic E-state index is 10.1. The van der Waals surface area contributed by atoms with Crippen molar-refractivity contribution in [1.82, 2.24) is 0 Å². The molecule has 0 aliphatic carbocycles. The Kier molecular flexibility index (Phi) is 9.46. The molecule has 0 saturated heterocycles. The second kappa shape index (κ2) is 7.90. The maximum absolute atomic E-state index is 10.1. The van der Waals surface area contributed by atoms with E-state index in [9.17, 15) is 19.2 Å². The van der Waals surface area contributed by atoms with Crippen molar-refractivity contribution >= 4 is 23.9 Å². The van der Waals surface area contributed by atoms with Gasteiger partial charge in [-0.2, -0.15) is 0 Å². The van der Waals surface area contributed by atoms with E-state index in [1.807, 2.05) is 0 Å². The van der Waals surface area contributed by atoms with Crippen LogP contribution in [0.15, 0.2) is 0 Å². The summed E-state index contributed by atoms with van der Waals surface area (Å²) in [6.45, 7) is 4.55. The topological polar surface area (TPSA) is 149 Å². The molecule has 0 atom stereocenters. The summed E-state index contributed by atoms with van der Waals surface area (Å²) in [7, 11) is 0. The number of carbonyl (C=O) groups is 4. The van der Waals surface area contributed by atoms with Crippen molar-refractivity contribution in [1.29, 1.82) is 0 Å². The van der Waals surface area contributed by atoms with Gasteiger partial charge in [-0.1, -0.05) is 0 Å². The first-order valence-corrected chi connectivity index (χ1v) is 4.71. The van der Waals surface area contributed by atoms with Crippen LogP contribution in [0.4, 0.5) is 0 Å². The molecular weight excluding hydrogens is 296 g/mol. The monoisotopic (exact) mass is 312 g/mol. The fourth-order valence-electron chi connectivity index (χ4n) is 0.183. The molecule has 0 heterocycles. The Hall–Kier alpha value is -1.41. The molecule has 0 aromatic carbocycles. The van der Waals surface area contributed by atoms with E-state index in [1.54, 1.807) is 0 Å². The van der Waals surface area contributed by atoms with E-state index >= 15 is 0 Å². The van der Waals surface area contributed by atoms with Gasteiger partial charge in [-0.15, -0.1) is 0 Å². The number of carboxylic acid groups (broad SMARTS) is 4. The molecule has 0 aromatic rings. The Balaban J connectivity index is -0.000000256. The Labute approximate surface area is 124 Å². The van der Waals surface area contributed by atoms with Crippen LogP contribution < -0.4 is 0 Å². The maximum Gasteiger partial charge on any atom is 0.320 e. The third-order valence-electron chi connectivity index (χ3n) is 2.14. The summed E-state index contributed by atoms with van der Waals surface area (Å²) in [6.07, 6.45) is 0. The number of aliphatic carboxylic acids is 4. The summed E-state index contributed by atoms with van der Waals surface area (Å²) in [5, 5.41) is 32.9. The SMILES string of the molecule is CC(C)(C(=O)O)C(=O)O.CC(C)(C(=O)O)C(=O)O.[Ti]. The van der Waals surface area contributed by atoms with Crippen LogP contribution in [0.3, 0.4) is 0 Å². The van der Waals surface area contributed by atoms with Gasteiger partial charge < -0.3 is 20.4 Å². The smallest absolute Gasteiger partial charge is 0.320 e. The summed E-state index contributed by atoms with van der Waals surface area (Å²) >= 11 is 0. The normalized spacial score (nSPS) is 10.3. The van der Waals surface area contributed by atoms with E-state index in [2.05, 4.69) is 0 Å². The van der Waals surface area contributed by atoms with E-state index in [0.29, 0.717) is 0 Å². The van der Waals surface area contributed by atoms with E-state index in [0.717, 1.165) is 27.7 Å². The van der Waals surface area contributed by atoms with Gasteiger partial charge in [0.15, 0.2) is 10.8 Å². The molecule has 108 valence electrons. The quantitative estimate of drug-likeness (QED) is 0.429. The molecule has 9 heteroatoms. The van der Waals surface area contributed by atoms with Gasteiger partial charge in [0.2, 0.25) is 0 Å². The Morgan fingerprint density at radius 1 is 0.579 bits per heavy atom. The summed E-state index contributed by atoms with van der Waals surface area (Å²) < 4.78 is 0. The van der Waals surface area contributed by atoms with Gasteiger partial charge in [0, 0.05) is 21.7 Å². The minimum Gasteiger partial charge on any atom is -0.480 e. The van der Waals surface area contributed by atoms with E-state index in [-0.39, 0.29) is 21.7 Å². The first-order valence-electron chi connectivity index (χ1n) is 4.71. The molecule has 0 rings (SSSR count). The third kappa shape index (κ3) is 6.92. The zero-order chi connectivity index (χ0) is 15.3. The molecule has 0 radical (unpaired) electrons. The standard InChI is InChI=1S/2C5H8O4.Ti/c2*1-5(2,3(6)7)4(8)9;/h2*1-2H3,(H,6,7)(H,8,9);. The molecule has 0 bridgehead atoms. The number of carboxylic acids is 4. The number of rotatable bonds is 4. The van der Waals surface area contributed by atoms with Crippen molar-refractivity contribution in [3.63, 3.8) is 0 Å². The Morgan fingerprint density at radius 3 is 0.684 bits per heavy atom. The summed E-state index contributed by atoms with van der Waals surface area (Å²) in [5.41, 5.74) is -3.33. The zero-order valence-electron chi connectivity index (χ0n) is 10.9. The van der Waals surface area contributed by atoms with Crippen LogP contribution in [0.25, 0.3) is 0 Å². The molecule has 0 unspecified atom stereocenters. The number of hydrogen-bond acceptors (Lipinski definition) is 4. The predicted molar refractivity (Wildman–Crippen MR) is 58.1 cm³/mol. The minimum absolute atomic E-state index is 0. The largest absolute Gasteiger partial charge is 0.480 e. The molecule has 0 aliphatic rings. The van der Waals surface area contributed by atoms with Gasteiger partial charge in [0.05, 0.1) is 0 Å². The number of hydrogen-bond donors (Lipinski definition) is 4. The van der Waals surface area contributed by atoms with Crippen LogP contribution >= 0.6 is 0 Å². The van der Waals surface area contributed by atoms with Crippen molar-refractivity contribution in [2.75, 3.05) is 0 Å². The van der Waals surface area contributed by atoms with Gasteiger partial charge in [0.25, 0.3) is 0 Å². The van der Waals surface area contributed by atoms with Crippen molar-refractivity contribution in [2.45, 2.75) is 27.7 Å². The average molecular weight is 312 g/mol. The van der Waals surface area contributed by atoms with Crippen molar-refractivity contribution < 1.29 is 61.3 Å². The second-order valence-electron chi connectivity index (χ2n) is 4.47. The predicted octanol–water partition coefficient (Wildman–Crippen LogP) is 0.361. The van der Waals surface area contributed by atoms with Gasteiger partial charge in [0.1, 0.15) is 0 Å². The molecule has 0 fully saturated rings. The van der Waals surface area contributed by atoms with Gasteiger partial charge in [-0.05, 0) is 27.7 Å². The molecule has 8 nitrogen and oxygen atoms in total. The van der Waals surface area contributed by atoms with Crippen molar-refractivity contribution in [3.05, 3.63) is 0 Å². The summed E-state index contributed by atoms with van der Waals surface area (Å²) in [5.74, 6) is -5.30. The first-order chi connectivity index (χ1) is 7.77. The summed E-state index contributed by atoms with van der Waals surface area (Å²) in [4.78, 5) is 40.3. The fourth-order valence-corrected chi connectivity index (χ4v) is 0.183. The Bertz CT molecular complexity index is 304. The van der Waals surface area contributed by atoms with E-state index in [1.165, 1.54) is 0 Å². The van der Waals surface area contributed by atoms with E-state index in [4.69, 9.17) is 20.4 Å². The van der Waals surface area contributed by atoms with Crippen molar-refractivity contribution in [3.8, 4) is 0 Å². The molecule has 0 spiro atoms. The fraction of sp³-hybridized carbons (Fsp3) is 0.600. The molecule has 0 saturated carbocycles. The minimum atomic E-state index is -1.67.